The number of carbonyl (C=O) groups excluding carboxylic acids is 1. The number of amides is 1. The molecule has 6 nitrogen and oxygen atoms in total. The number of fused-ring (bicyclic) bond motifs is 1. The fraction of sp³-hybridized carbons (Fsp3) is 0.429. The lowest BCUT2D eigenvalue weighted by atomic mass is 10.00. The van der Waals surface area contributed by atoms with Crippen LogP contribution < -0.4 is 0 Å². The normalized spacial score (nSPS) is 16.9. The predicted octanol–water partition coefficient (Wildman–Crippen LogP) is 3.52. The van der Waals surface area contributed by atoms with Gasteiger partial charge in [0.05, 0.1) is 0 Å². The maximum absolute atomic E-state index is 12.2. The molecule has 144 valence electrons. The van der Waals surface area contributed by atoms with Crippen LogP contribution in [-0.2, 0) is 9.53 Å². The number of carboxylic acids is 1. The summed E-state index contributed by atoms with van der Waals surface area (Å²) >= 11 is 0. The second-order valence-electron chi connectivity index (χ2n) is 7.85. The molecular weight excluding hydrogens is 344 g/mol. The largest absolute Gasteiger partial charge is 0.480 e. The molecule has 0 bridgehead atoms. The van der Waals surface area contributed by atoms with Gasteiger partial charge in [0, 0.05) is 26.2 Å². The second-order valence-corrected chi connectivity index (χ2v) is 7.85. The molecule has 1 fully saturated rings. The Morgan fingerprint density at radius 3 is 2.22 bits per heavy atom. The van der Waals surface area contributed by atoms with Crippen LogP contribution in [0.1, 0.15) is 32.4 Å². The van der Waals surface area contributed by atoms with Gasteiger partial charge in [-0.05, 0) is 43.2 Å². The Morgan fingerprint density at radius 1 is 1.00 bits per heavy atom. The van der Waals surface area contributed by atoms with Gasteiger partial charge >= 0.3 is 12.1 Å². The highest BCUT2D eigenvalue weighted by Gasteiger charge is 2.33. The van der Waals surface area contributed by atoms with E-state index in [1.54, 1.807) is 4.90 Å². The third-order valence-electron chi connectivity index (χ3n) is 4.65. The first-order valence-corrected chi connectivity index (χ1v) is 9.18. The van der Waals surface area contributed by atoms with E-state index in [2.05, 4.69) is 0 Å². The summed E-state index contributed by atoms with van der Waals surface area (Å²) in [6.45, 7) is 7.38. The Balaban J connectivity index is 1.73. The fourth-order valence-corrected chi connectivity index (χ4v) is 3.38. The first-order valence-electron chi connectivity index (χ1n) is 9.18. The molecule has 0 aliphatic carbocycles. The molecule has 6 heteroatoms. The van der Waals surface area contributed by atoms with Crippen LogP contribution in [-0.4, -0.2) is 58.7 Å². The zero-order valence-corrected chi connectivity index (χ0v) is 16.0. The van der Waals surface area contributed by atoms with Gasteiger partial charge in [0.15, 0.2) is 0 Å². The number of ether oxygens (including phenoxy) is 1. The van der Waals surface area contributed by atoms with Crippen LogP contribution in [0.15, 0.2) is 42.5 Å². The van der Waals surface area contributed by atoms with Gasteiger partial charge in [-0.2, -0.15) is 0 Å². The van der Waals surface area contributed by atoms with Gasteiger partial charge in [-0.25, -0.2) is 4.79 Å². The van der Waals surface area contributed by atoms with Gasteiger partial charge in [0.25, 0.3) is 0 Å². The third-order valence-corrected chi connectivity index (χ3v) is 4.65. The van der Waals surface area contributed by atoms with Crippen molar-refractivity contribution in [2.75, 3.05) is 26.2 Å². The van der Waals surface area contributed by atoms with E-state index in [-0.39, 0.29) is 6.09 Å². The highest BCUT2D eigenvalue weighted by Crippen LogP contribution is 2.26. The average Bonchev–Trinajstić information content (AvgIpc) is 2.60. The van der Waals surface area contributed by atoms with E-state index in [0.29, 0.717) is 26.2 Å². The van der Waals surface area contributed by atoms with Crippen molar-refractivity contribution >= 4 is 22.8 Å². The summed E-state index contributed by atoms with van der Waals surface area (Å²) in [6.07, 6.45) is -0.347. The van der Waals surface area contributed by atoms with Crippen LogP contribution in [0, 0.1) is 0 Å². The van der Waals surface area contributed by atoms with Crippen LogP contribution in [0.2, 0.25) is 0 Å². The molecule has 1 heterocycles. The van der Waals surface area contributed by atoms with E-state index in [4.69, 9.17) is 4.74 Å². The van der Waals surface area contributed by atoms with Crippen molar-refractivity contribution in [3.05, 3.63) is 48.0 Å². The highest BCUT2D eigenvalue weighted by atomic mass is 16.6. The Bertz CT molecular complexity index is 835. The van der Waals surface area contributed by atoms with Crippen molar-refractivity contribution in [3.8, 4) is 0 Å². The lowest BCUT2D eigenvalue weighted by molar-refractivity contribution is -0.144. The molecule has 1 amide bonds. The number of piperazine rings is 1. The Kier molecular flexibility index (Phi) is 5.37. The summed E-state index contributed by atoms with van der Waals surface area (Å²) in [7, 11) is 0. The number of hydrogen-bond donors (Lipinski definition) is 1. The van der Waals surface area contributed by atoms with Crippen molar-refractivity contribution in [1.82, 2.24) is 9.80 Å². The van der Waals surface area contributed by atoms with E-state index in [1.165, 1.54) is 0 Å². The lowest BCUT2D eigenvalue weighted by Gasteiger charge is -2.38. The van der Waals surface area contributed by atoms with Crippen molar-refractivity contribution < 1.29 is 19.4 Å². The molecule has 1 atom stereocenters. The highest BCUT2D eigenvalue weighted by molar-refractivity contribution is 5.85. The van der Waals surface area contributed by atoms with Crippen molar-refractivity contribution in [3.63, 3.8) is 0 Å². The molecule has 0 aromatic heterocycles. The fourth-order valence-electron chi connectivity index (χ4n) is 3.38. The quantitative estimate of drug-likeness (QED) is 0.895. The molecule has 3 rings (SSSR count). The number of benzene rings is 2. The summed E-state index contributed by atoms with van der Waals surface area (Å²) in [4.78, 5) is 27.8. The van der Waals surface area contributed by atoms with E-state index in [9.17, 15) is 14.7 Å². The number of rotatable bonds is 3. The van der Waals surface area contributed by atoms with Crippen LogP contribution >= 0.6 is 0 Å². The summed E-state index contributed by atoms with van der Waals surface area (Å²) in [6, 6.07) is 12.9. The molecule has 2 aromatic rings. The minimum atomic E-state index is -0.879. The summed E-state index contributed by atoms with van der Waals surface area (Å²) < 4.78 is 5.41. The monoisotopic (exact) mass is 370 g/mol. The smallest absolute Gasteiger partial charge is 0.410 e. The summed E-state index contributed by atoms with van der Waals surface area (Å²) in [5.74, 6) is -0.879. The number of carboxylic acid groups (broad SMARTS) is 1. The van der Waals surface area contributed by atoms with Crippen molar-refractivity contribution in [1.29, 1.82) is 0 Å². The second kappa shape index (κ2) is 7.56. The van der Waals surface area contributed by atoms with E-state index in [1.807, 2.05) is 68.1 Å². The van der Waals surface area contributed by atoms with E-state index < -0.39 is 17.6 Å². The minimum Gasteiger partial charge on any atom is -0.480 e. The van der Waals surface area contributed by atoms with Crippen molar-refractivity contribution in [2.24, 2.45) is 0 Å². The summed E-state index contributed by atoms with van der Waals surface area (Å²) in [5.41, 5.74) is 0.218. The molecule has 27 heavy (non-hydrogen) atoms. The molecule has 1 N–H and O–H groups in total. The molecule has 1 aliphatic heterocycles. The Labute approximate surface area is 159 Å². The standard InChI is InChI=1S/C21H26N2O4/c1-21(2,3)27-20(26)23-12-10-22(11-13-23)18(19(24)25)17-9-8-15-6-4-5-7-16(15)14-17/h4-9,14,18H,10-13H2,1-3H3,(H,24,25). The van der Waals surface area contributed by atoms with Gasteiger partial charge in [-0.3, -0.25) is 9.69 Å². The molecule has 0 radical (unpaired) electrons. The Morgan fingerprint density at radius 2 is 1.63 bits per heavy atom. The zero-order chi connectivity index (χ0) is 19.6. The van der Waals surface area contributed by atoms with Crippen LogP contribution in [0.4, 0.5) is 4.79 Å². The SMILES string of the molecule is CC(C)(C)OC(=O)N1CCN(C(C(=O)O)c2ccc3ccccc3c2)CC1. The number of nitrogens with zero attached hydrogens (tertiary/aromatic N) is 2. The average molecular weight is 370 g/mol. The molecule has 0 spiro atoms. The topological polar surface area (TPSA) is 70.1 Å². The molecular formula is C21H26N2O4. The summed E-state index contributed by atoms with van der Waals surface area (Å²) in [5, 5.41) is 11.9. The number of aliphatic carboxylic acids is 1. The Hall–Kier alpha value is -2.60. The minimum absolute atomic E-state index is 0.347. The maximum atomic E-state index is 12.2. The van der Waals surface area contributed by atoms with Crippen molar-refractivity contribution in [2.45, 2.75) is 32.4 Å². The molecule has 0 saturated carbocycles. The zero-order valence-electron chi connectivity index (χ0n) is 16.0. The predicted molar refractivity (Wildman–Crippen MR) is 104 cm³/mol. The molecule has 1 saturated heterocycles. The van der Waals surface area contributed by atoms with Crippen LogP contribution in [0.5, 0.6) is 0 Å². The maximum Gasteiger partial charge on any atom is 0.410 e. The lowest BCUT2D eigenvalue weighted by Crippen LogP contribution is -2.51. The number of carbonyl (C=O) groups is 2. The third kappa shape index (κ3) is 4.57. The van der Waals surface area contributed by atoms with Crippen LogP contribution in [0.25, 0.3) is 10.8 Å². The van der Waals surface area contributed by atoms with Gasteiger partial charge in [0.1, 0.15) is 11.6 Å². The molecule has 1 unspecified atom stereocenters. The number of hydrogen-bond acceptors (Lipinski definition) is 4. The van der Waals surface area contributed by atoms with Gasteiger partial charge < -0.3 is 14.7 Å². The first-order chi connectivity index (χ1) is 12.7. The molecule has 2 aromatic carbocycles. The van der Waals surface area contributed by atoms with E-state index >= 15 is 0 Å². The molecule has 1 aliphatic rings. The van der Waals surface area contributed by atoms with E-state index in [0.717, 1.165) is 16.3 Å². The van der Waals surface area contributed by atoms with Gasteiger partial charge in [-0.1, -0.05) is 36.4 Å². The van der Waals surface area contributed by atoms with Crippen LogP contribution in [0.3, 0.4) is 0 Å². The first kappa shape index (κ1) is 19.2. The van der Waals surface area contributed by atoms with Gasteiger partial charge in [-0.15, -0.1) is 0 Å². The van der Waals surface area contributed by atoms with Gasteiger partial charge in [0.2, 0.25) is 0 Å².